The molecule has 0 aromatic heterocycles. The summed E-state index contributed by atoms with van der Waals surface area (Å²) < 4.78 is 0. The van der Waals surface area contributed by atoms with Gasteiger partial charge in [-0.05, 0) is 19.4 Å². The second kappa shape index (κ2) is 5.61. The van der Waals surface area contributed by atoms with Gasteiger partial charge in [0.05, 0.1) is 6.04 Å². The first kappa shape index (κ1) is 9.84. The zero-order valence-electron chi connectivity index (χ0n) is 6.03. The van der Waals surface area contributed by atoms with Crippen LogP contribution in [0.15, 0.2) is 0 Å². The van der Waals surface area contributed by atoms with Crippen molar-refractivity contribution in [2.75, 3.05) is 6.54 Å². The van der Waals surface area contributed by atoms with Gasteiger partial charge in [0.15, 0.2) is 6.29 Å². The van der Waals surface area contributed by atoms with E-state index in [0.29, 0.717) is 13.0 Å². The summed E-state index contributed by atoms with van der Waals surface area (Å²) in [6.07, 6.45) is 0.975. The number of hydrogen-bond acceptors (Lipinski definition) is 4. The maximum atomic E-state index is 8.52. The SMILES string of the molecule is NCCCC[C@H](N)C(O)O. The van der Waals surface area contributed by atoms with Gasteiger partial charge in [-0.2, -0.15) is 0 Å². The quantitative estimate of drug-likeness (QED) is 0.289. The third-order valence-electron chi connectivity index (χ3n) is 1.37. The highest BCUT2D eigenvalue weighted by Gasteiger charge is 2.08. The van der Waals surface area contributed by atoms with E-state index in [1.165, 1.54) is 0 Å². The second-order valence-electron chi connectivity index (χ2n) is 2.36. The van der Waals surface area contributed by atoms with Gasteiger partial charge in [0.25, 0.3) is 0 Å². The third-order valence-corrected chi connectivity index (χ3v) is 1.37. The topological polar surface area (TPSA) is 92.5 Å². The molecule has 0 aromatic carbocycles. The Balaban J connectivity index is 3.13. The van der Waals surface area contributed by atoms with Crippen LogP contribution in [0.2, 0.25) is 0 Å². The van der Waals surface area contributed by atoms with E-state index in [1.807, 2.05) is 0 Å². The minimum atomic E-state index is -1.39. The molecule has 6 N–H and O–H groups in total. The molecule has 0 rings (SSSR count). The van der Waals surface area contributed by atoms with Crippen molar-refractivity contribution in [1.29, 1.82) is 0 Å². The number of hydrogen-bond donors (Lipinski definition) is 4. The number of rotatable bonds is 5. The van der Waals surface area contributed by atoms with E-state index in [1.54, 1.807) is 0 Å². The minimum absolute atomic E-state index is 0.522. The van der Waals surface area contributed by atoms with Gasteiger partial charge in [0.1, 0.15) is 0 Å². The van der Waals surface area contributed by atoms with Crippen molar-refractivity contribution < 1.29 is 10.2 Å². The average molecular weight is 148 g/mol. The maximum absolute atomic E-state index is 8.52. The fourth-order valence-electron chi connectivity index (χ4n) is 0.673. The monoisotopic (exact) mass is 148 g/mol. The van der Waals surface area contributed by atoms with Gasteiger partial charge >= 0.3 is 0 Å². The zero-order valence-corrected chi connectivity index (χ0v) is 6.03. The largest absolute Gasteiger partial charge is 0.367 e. The van der Waals surface area contributed by atoms with Crippen LogP contribution in [0.5, 0.6) is 0 Å². The molecule has 0 heterocycles. The van der Waals surface area contributed by atoms with Gasteiger partial charge in [-0.25, -0.2) is 0 Å². The van der Waals surface area contributed by atoms with Crippen molar-refractivity contribution >= 4 is 0 Å². The second-order valence-corrected chi connectivity index (χ2v) is 2.36. The van der Waals surface area contributed by atoms with Crippen LogP contribution in [0.4, 0.5) is 0 Å². The van der Waals surface area contributed by atoms with E-state index in [2.05, 4.69) is 0 Å². The Morgan fingerprint density at radius 2 is 1.80 bits per heavy atom. The highest BCUT2D eigenvalue weighted by molar-refractivity contribution is 4.62. The molecule has 0 bridgehead atoms. The molecule has 0 aliphatic carbocycles. The van der Waals surface area contributed by atoms with E-state index < -0.39 is 12.3 Å². The zero-order chi connectivity index (χ0) is 7.98. The number of aliphatic hydroxyl groups is 2. The summed E-state index contributed by atoms with van der Waals surface area (Å²) in [5, 5.41) is 17.0. The summed E-state index contributed by atoms with van der Waals surface area (Å²) in [5.41, 5.74) is 10.5. The van der Waals surface area contributed by atoms with Crippen molar-refractivity contribution in [2.45, 2.75) is 31.6 Å². The van der Waals surface area contributed by atoms with Gasteiger partial charge < -0.3 is 21.7 Å². The molecule has 62 valence electrons. The van der Waals surface area contributed by atoms with Gasteiger partial charge in [0, 0.05) is 0 Å². The smallest absolute Gasteiger partial charge is 0.166 e. The normalized spacial score (nSPS) is 14.1. The summed E-state index contributed by atoms with van der Waals surface area (Å²) in [5.74, 6) is 0. The van der Waals surface area contributed by atoms with Crippen LogP contribution in [0.25, 0.3) is 0 Å². The lowest BCUT2D eigenvalue weighted by Gasteiger charge is -2.12. The van der Waals surface area contributed by atoms with Gasteiger partial charge in [-0.1, -0.05) is 6.42 Å². The molecule has 4 heteroatoms. The Morgan fingerprint density at radius 3 is 2.20 bits per heavy atom. The molecule has 0 fully saturated rings. The molecular formula is C6H16N2O2. The molecule has 0 radical (unpaired) electrons. The van der Waals surface area contributed by atoms with Crippen LogP contribution in [0.1, 0.15) is 19.3 Å². The first-order chi connectivity index (χ1) is 4.68. The molecule has 0 saturated carbocycles. The van der Waals surface area contributed by atoms with Crippen LogP contribution in [0, 0.1) is 0 Å². The highest BCUT2D eigenvalue weighted by atomic mass is 16.5. The Labute approximate surface area is 60.8 Å². The summed E-state index contributed by atoms with van der Waals surface area (Å²) in [4.78, 5) is 0. The third kappa shape index (κ3) is 4.69. The Morgan fingerprint density at radius 1 is 1.20 bits per heavy atom. The van der Waals surface area contributed by atoms with E-state index in [0.717, 1.165) is 12.8 Å². The Hall–Kier alpha value is -0.160. The molecule has 0 spiro atoms. The van der Waals surface area contributed by atoms with Crippen LogP contribution >= 0.6 is 0 Å². The molecule has 0 unspecified atom stereocenters. The molecule has 0 aliphatic rings. The van der Waals surface area contributed by atoms with E-state index in [9.17, 15) is 0 Å². The molecule has 1 atom stereocenters. The average Bonchev–Trinajstić information content (AvgIpc) is 1.88. The summed E-state index contributed by atoms with van der Waals surface area (Å²) in [6, 6.07) is -0.522. The predicted octanol–water partition coefficient (Wildman–Crippen LogP) is -1.25. The summed E-state index contributed by atoms with van der Waals surface area (Å²) in [6.45, 7) is 0.633. The molecule has 4 nitrogen and oxygen atoms in total. The highest BCUT2D eigenvalue weighted by Crippen LogP contribution is 1.99. The van der Waals surface area contributed by atoms with E-state index in [4.69, 9.17) is 21.7 Å². The first-order valence-corrected chi connectivity index (χ1v) is 3.50. The molecule has 0 aromatic rings. The van der Waals surface area contributed by atoms with Gasteiger partial charge in [0.2, 0.25) is 0 Å². The Kier molecular flexibility index (Phi) is 5.52. The van der Waals surface area contributed by atoms with Crippen molar-refractivity contribution in [3.05, 3.63) is 0 Å². The molecule has 0 aliphatic heterocycles. The first-order valence-electron chi connectivity index (χ1n) is 3.50. The van der Waals surface area contributed by atoms with Crippen molar-refractivity contribution in [3.8, 4) is 0 Å². The van der Waals surface area contributed by atoms with E-state index in [-0.39, 0.29) is 0 Å². The predicted molar refractivity (Wildman–Crippen MR) is 39.1 cm³/mol. The van der Waals surface area contributed by atoms with Crippen LogP contribution in [0.3, 0.4) is 0 Å². The van der Waals surface area contributed by atoms with Crippen molar-refractivity contribution in [1.82, 2.24) is 0 Å². The van der Waals surface area contributed by atoms with Crippen LogP contribution in [-0.4, -0.2) is 29.1 Å². The lowest BCUT2D eigenvalue weighted by molar-refractivity contribution is -0.0599. The lowest BCUT2D eigenvalue weighted by atomic mass is 10.1. The summed E-state index contributed by atoms with van der Waals surface area (Å²) >= 11 is 0. The van der Waals surface area contributed by atoms with Crippen LogP contribution < -0.4 is 11.5 Å². The minimum Gasteiger partial charge on any atom is -0.367 e. The molecule has 10 heavy (non-hydrogen) atoms. The molecule has 0 saturated heterocycles. The van der Waals surface area contributed by atoms with Crippen molar-refractivity contribution in [2.24, 2.45) is 11.5 Å². The molecular weight excluding hydrogens is 132 g/mol. The fourth-order valence-corrected chi connectivity index (χ4v) is 0.673. The standard InChI is InChI=1S/C6H16N2O2/c7-4-2-1-3-5(8)6(9)10/h5-6,9-10H,1-4,7-8H2/t5-/m0/s1. The van der Waals surface area contributed by atoms with Gasteiger partial charge in [-0.3, -0.25) is 0 Å². The fraction of sp³-hybridized carbons (Fsp3) is 1.00. The number of unbranched alkanes of at least 4 members (excludes halogenated alkanes) is 1. The van der Waals surface area contributed by atoms with Crippen molar-refractivity contribution in [3.63, 3.8) is 0 Å². The molecule has 0 amide bonds. The maximum Gasteiger partial charge on any atom is 0.166 e. The van der Waals surface area contributed by atoms with Crippen LogP contribution in [-0.2, 0) is 0 Å². The van der Waals surface area contributed by atoms with Gasteiger partial charge in [-0.15, -0.1) is 0 Å². The number of nitrogens with two attached hydrogens (primary N) is 2. The van der Waals surface area contributed by atoms with E-state index >= 15 is 0 Å². The lowest BCUT2D eigenvalue weighted by Crippen LogP contribution is -2.34. The number of aliphatic hydroxyl groups excluding tert-OH is 1. The summed E-state index contributed by atoms with van der Waals surface area (Å²) in [7, 11) is 0. The Bertz CT molecular complexity index is 78.1.